The Morgan fingerprint density at radius 1 is 0.486 bits per heavy atom. The highest BCUT2D eigenvalue weighted by Gasteiger charge is 2.16. The van der Waals surface area contributed by atoms with Gasteiger partial charge in [-0.2, -0.15) is 0 Å². The molecule has 0 atom stereocenters. The highest BCUT2D eigenvalue weighted by molar-refractivity contribution is 7.22. The molecule has 0 radical (unpaired) electrons. The predicted molar refractivity (Wildman–Crippen MR) is 153 cm³/mol. The number of hydrogen-bond donors (Lipinski definition) is 0. The summed E-state index contributed by atoms with van der Waals surface area (Å²) in [7, 11) is 0. The molecule has 35 heavy (non-hydrogen) atoms. The van der Waals surface area contributed by atoms with Gasteiger partial charge in [-0.15, -0.1) is 11.3 Å². The van der Waals surface area contributed by atoms with E-state index in [1.54, 1.807) is 0 Å². The van der Waals surface area contributed by atoms with Crippen LogP contribution in [-0.2, 0) is 0 Å². The van der Waals surface area contributed by atoms with Crippen LogP contribution in [0, 0.1) is 0 Å². The quantitative estimate of drug-likeness (QED) is 0.225. The molecule has 0 N–H and O–H groups in total. The van der Waals surface area contributed by atoms with E-state index < -0.39 is 6.04 Å². The fourth-order valence-electron chi connectivity index (χ4n) is 4.78. The monoisotopic (exact) mass is 471 g/mol. The summed E-state index contributed by atoms with van der Waals surface area (Å²) in [5.41, 5.74) is 3.17. The molecule has 7 rings (SSSR count). The molecule has 0 saturated heterocycles. The average Bonchev–Trinajstić information content (AvgIpc) is 3.46. The van der Waals surface area contributed by atoms with E-state index in [9.17, 15) is 0 Å². The van der Waals surface area contributed by atoms with Crippen LogP contribution in [0.4, 0.5) is 0 Å². The van der Waals surface area contributed by atoms with Gasteiger partial charge in [-0.25, -0.2) is 0 Å². The van der Waals surface area contributed by atoms with Gasteiger partial charge in [0.2, 0.25) is 0 Å². The van der Waals surface area contributed by atoms with E-state index in [0.29, 0.717) is 21.2 Å². The Bertz CT molecular complexity index is 2300. The minimum atomic E-state index is -0.436. The van der Waals surface area contributed by atoms with Crippen molar-refractivity contribution in [2.24, 2.45) is 0 Å². The predicted octanol–water partition coefficient (Wildman–Crippen LogP) is 10.2. The summed E-state index contributed by atoms with van der Waals surface area (Å²) in [6, 6.07) is 22.4. The second-order valence-electron chi connectivity index (χ2n) is 8.27. The van der Waals surface area contributed by atoms with E-state index in [4.69, 9.17) is 12.3 Å². The summed E-state index contributed by atoms with van der Waals surface area (Å²) < 4.78 is 77.0. The first-order valence-electron chi connectivity index (χ1n) is 15.7. The van der Waals surface area contributed by atoms with Crippen LogP contribution in [0.5, 0.6) is 0 Å². The van der Waals surface area contributed by atoms with Gasteiger partial charge < -0.3 is 0 Å². The van der Waals surface area contributed by atoms with Gasteiger partial charge in [0.25, 0.3) is 0 Å². The molecule has 0 saturated carbocycles. The third-order valence-electron chi connectivity index (χ3n) is 6.27. The van der Waals surface area contributed by atoms with Crippen LogP contribution in [0.1, 0.15) is 12.3 Å². The molecule has 0 bridgehead atoms. The number of fused-ring (bicyclic) bond motifs is 3. The molecule has 0 aliphatic rings. The van der Waals surface area contributed by atoms with Gasteiger partial charge in [-0.1, -0.05) is 115 Å². The molecule has 1 heteroatoms. The maximum atomic E-state index is 9.05. The third-order valence-corrected chi connectivity index (χ3v) is 7.40. The van der Waals surface area contributed by atoms with E-state index in [1.807, 2.05) is 78.9 Å². The van der Waals surface area contributed by atoms with Gasteiger partial charge in [-0.3, -0.25) is 0 Å². The Labute approximate surface area is 221 Å². The lowest BCUT2D eigenvalue weighted by Gasteiger charge is -2.17. The van der Waals surface area contributed by atoms with Crippen LogP contribution in [0.2, 0.25) is 0 Å². The fraction of sp³-hybridized carbons (Fsp3) is 0. The zero-order valence-corrected chi connectivity index (χ0v) is 19.2. The van der Waals surface area contributed by atoms with E-state index in [1.165, 1.54) is 11.3 Å². The van der Waals surface area contributed by atoms with Crippen LogP contribution in [0.3, 0.4) is 0 Å². The lowest BCUT2D eigenvalue weighted by atomic mass is 9.86. The van der Waals surface area contributed by atoms with Crippen molar-refractivity contribution in [1.29, 1.82) is 0 Å². The lowest BCUT2D eigenvalue weighted by molar-refractivity contribution is 1.66. The van der Waals surface area contributed by atoms with Crippen molar-refractivity contribution in [3.8, 4) is 32.7 Å². The van der Waals surface area contributed by atoms with Crippen LogP contribution in [0.25, 0.3) is 64.3 Å². The van der Waals surface area contributed by atoms with Gasteiger partial charge in [0.05, 0.1) is 12.3 Å². The minimum absolute atomic E-state index is 0.105. The molecule has 6 aromatic carbocycles. The first-order chi connectivity index (χ1) is 21.1. The molecule has 7 aromatic rings. The number of benzene rings is 6. The summed E-state index contributed by atoms with van der Waals surface area (Å²) in [4.78, 5) is 0.546. The van der Waals surface area contributed by atoms with E-state index >= 15 is 0 Å². The summed E-state index contributed by atoms with van der Waals surface area (Å²) in [5, 5.41) is 3.36. The largest absolute Gasteiger partial charge is 0.135 e. The topological polar surface area (TPSA) is 0 Å². The normalized spacial score (nSPS) is 15.0. The molecule has 0 aliphatic carbocycles. The summed E-state index contributed by atoms with van der Waals surface area (Å²) in [6.07, 6.45) is 0. The second-order valence-corrected chi connectivity index (χ2v) is 9.36. The molecule has 164 valence electrons. The number of rotatable bonds is 3. The maximum Gasteiger partial charge on any atom is 0.0630 e. The van der Waals surface area contributed by atoms with Crippen LogP contribution >= 0.6 is 11.3 Å². The highest BCUT2D eigenvalue weighted by atomic mass is 32.1. The fourth-order valence-corrected chi connectivity index (χ4v) is 5.77. The van der Waals surface area contributed by atoms with E-state index in [-0.39, 0.29) is 53.9 Å². The van der Waals surface area contributed by atoms with Crippen LogP contribution in [0.15, 0.2) is 133 Å². The molecule has 0 aliphatic heterocycles. The van der Waals surface area contributed by atoms with Gasteiger partial charge in [0.1, 0.15) is 0 Å². The molecular formula is C34H22S. The molecule has 1 aromatic heterocycles. The Morgan fingerprint density at radius 3 is 1.83 bits per heavy atom. The third kappa shape index (κ3) is 3.36. The van der Waals surface area contributed by atoms with E-state index in [0.717, 1.165) is 37.5 Å². The van der Waals surface area contributed by atoms with Crippen molar-refractivity contribution in [2.45, 2.75) is 0 Å². The number of thiophene rings is 1. The highest BCUT2D eigenvalue weighted by Crippen LogP contribution is 2.44. The molecule has 0 fully saturated rings. The van der Waals surface area contributed by atoms with Crippen LogP contribution < -0.4 is 0 Å². The molecule has 1 heterocycles. The minimum Gasteiger partial charge on any atom is -0.135 e. The summed E-state index contributed by atoms with van der Waals surface area (Å²) in [6.45, 7) is 0. The van der Waals surface area contributed by atoms with Gasteiger partial charge >= 0.3 is 0 Å². The Morgan fingerprint density at radius 2 is 1.11 bits per heavy atom. The zero-order valence-electron chi connectivity index (χ0n) is 27.4. The van der Waals surface area contributed by atoms with Crippen molar-refractivity contribution in [3.05, 3.63) is 133 Å². The molecule has 0 spiro atoms. The second kappa shape index (κ2) is 8.23. The zero-order chi connectivity index (χ0) is 31.0. The average molecular weight is 472 g/mol. The Balaban J connectivity index is 1.57. The first-order valence-corrected chi connectivity index (χ1v) is 12.0. The number of hydrogen-bond acceptors (Lipinski definition) is 1. The maximum absolute atomic E-state index is 9.05. The lowest BCUT2D eigenvalue weighted by Crippen LogP contribution is -1.90. The van der Waals surface area contributed by atoms with Crippen molar-refractivity contribution >= 4 is 43.0 Å². The van der Waals surface area contributed by atoms with Gasteiger partial charge in [0, 0.05) is 9.58 Å². The molecular weight excluding hydrogens is 440 g/mol. The van der Waals surface area contributed by atoms with Gasteiger partial charge in [0.15, 0.2) is 0 Å². The smallest absolute Gasteiger partial charge is 0.0630 e. The van der Waals surface area contributed by atoms with Gasteiger partial charge in [-0.05, 0) is 72.9 Å². The molecule has 0 amide bonds. The van der Waals surface area contributed by atoms with Crippen LogP contribution in [-0.4, -0.2) is 0 Å². The Hall–Kier alpha value is -4.20. The Kier molecular flexibility index (Phi) is 3.07. The SMILES string of the molecule is [2H]c1c([2H])c([2H])c(-c2cc3cc(-c4c5ccccc5c(-c5ccccc5)c5c([2H])c([2H])c([2H])c([2H])c45)ccc3s2)c([2H])c1[2H]. The van der Waals surface area contributed by atoms with Crippen molar-refractivity contribution in [3.63, 3.8) is 0 Å². The van der Waals surface area contributed by atoms with E-state index in [2.05, 4.69) is 0 Å². The van der Waals surface area contributed by atoms with Crippen molar-refractivity contribution < 1.29 is 12.3 Å². The summed E-state index contributed by atoms with van der Waals surface area (Å²) >= 11 is 1.33. The first kappa shape index (κ1) is 13.0. The summed E-state index contributed by atoms with van der Waals surface area (Å²) in [5.74, 6) is 0. The van der Waals surface area contributed by atoms with Crippen molar-refractivity contribution in [2.75, 3.05) is 0 Å². The molecule has 0 nitrogen and oxygen atoms in total. The van der Waals surface area contributed by atoms with Crippen molar-refractivity contribution in [1.82, 2.24) is 0 Å². The molecule has 0 unspecified atom stereocenters. The standard InChI is InChI=1S/C34H22S/c1-3-11-23(12-4-1)32-22-26-21-25(19-20-31(26)35-32)34-29-17-9-7-15-27(29)33(24-13-5-2-6-14-24)28-16-8-10-18-30(28)34/h1-22H/i1D,3D,4D,7D,9D,11D,12D,15D,17D.